The van der Waals surface area contributed by atoms with Crippen LogP contribution >= 0.6 is 0 Å². The van der Waals surface area contributed by atoms with Gasteiger partial charge in [0.05, 0.1) is 24.5 Å². The van der Waals surface area contributed by atoms with Crippen molar-refractivity contribution in [1.82, 2.24) is 10.0 Å². The predicted molar refractivity (Wildman–Crippen MR) is 192 cm³/mol. The molecule has 2 spiro atoms. The SMILES string of the molecule is C.C.C.C=S1(=O)CC2(CC(C(C)C)C2)C1.CC(C)C(CO)CO.CC(C)C1CNC2(COC2)C1.CC(C)C1CNS(=O)(=O)C1. The fourth-order valence-electron chi connectivity index (χ4n) is 6.41. The third kappa shape index (κ3) is 13.5. The van der Waals surface area contributed by atoms with Gasteiger partial charge in [0.2, 0.25) is 10.0 Å². The highest BCUT2D eigenvalue weighted by atomic mass is 32.2. The molecule has 4 saturated heterocycles. The molecule has 0 bridgehead atoms. The maximum absolute atomic E-state index is 11.4. The summed E-state index contributed by atoms with van der Waals surface area (Å²) in [6, 6.07) is 0. The molecule has 0 aromatic heterocycles. The normalized spacial score (nSPS) is 32.0. The first kappa shape index (κ1) is 45.9. The minimum atomic E-state index is -2.89. The molecule has 5 aliphatic rings. The molecule has 1 saturated carbocycles. The lowest BCUT2D eigenvalue weighted by Crippen LogP contribution is -2.57. The quantitative estimate of drug-likeness (QED) is 0.289. The van der Waals surface area contributed by atoms with E-state index in [0.717, 1.165) is 48.4 Å². The third-order valence-electron chi connectivity index (χ3n) is 9.92. The van der Waals surface area contributed by atoms with Crippen LogP contribution in [0.4, 0.5) is 0 Å². The maximum Gasteiger partial charge on any atom is 0.211 e. The minimum absolute atomic E-state index is 0. The molecule has 1 aliphatic carbocycles. The Bertz CT molecular complexity index is 983. The Morgan fingerprint density at radius 2 is 1.25 bits per heavy atom. The van der Waals surface area contributed by atoms with E-state index < -0.39 is 19.5 Å². The first-order chi connectivity index (χ1) is 18.9. The zero-order valence-corrected chi connectivity index (χ0v) is 28.8. The molecule has 8 nitrogen and oxygen atoms in total. The van der Waals surface area contributed by atoms with Gasteiger partial charge in [-0.2, -0.15) is 0 Å². The standard InChI is InChI=1S/C10H18OS.C9H17NO.C6H13NO2S.C6H14O2.3CH4/c1-8(2)9-4-10(5-9)6-12(3,11)7-10;1-7(2)8-3-9(10-4-8)5-11-6-9;1-5(2)6-3-7-10(8,9)4-6;1-5(2)6(3-7)4-8;;;/h8-9H,3-7H2,1-2H3;7-8,10H,3-6H2,1-2H3;5-7H,3-4H2,1-2H3;5-8H,3-4H2,1-2H3;3*1H4. The Morgan fingerprint density at radius 3 is 1.45 bits per heavy atom. The predicted octanol–water partition coefficient (Wildman–Crippen LogP) is 5.13. The van der Waals surface area contributed by atoms with Crippen molar-refractivity contribution in [3.05, 3.63) is 0 Å². The van der Waals surface area contributed by atoms with Crippen LogP contribution in [0.15, 0.2) is 0 Å². The number of sulfonamides is 1. The van der Waals surface area contributed by atoms with Gasteiger partial charge in [-0.15, -0.1) is 0 Å². The lowest BCUT2D eigenvalue weighted by Gasteiger charge is -2.56. The molecular formula is C34H74N2O6S2. The van der Waals surface area contributed by atoms with Crippen LogP contribution in [-0.4, -0.2) is 91.0 Å². The summed E-state index contributed by atoms with van der Waals surface area (Å²) in [7, 11) is -4.49. The second-order valence-corrected chi connectivity index (χ2v) is 19.4. The van der Waals surface area contributed by atoms with Gasteiger partial charge in [-0.1, -0.05) is 77.7 Å². The number of hydrogen-bond acceptors (Lipinski definition) is 7. The van der Waals surface area contributed by atoms with Crippen LogP contribution in [0.25, 0.3) is 0 Å². The van der Waals surface area contributed by atoms with E-state index in [9.17, 15) is 12.6 Å². The van der Waals surface area contributed by atoms with E-state index in [-0.39, 0.29) is 41.4 Å². The fraction of sp³-hybridized carbons (Fsp3) is 0.971. The van der Waals surface area contributed by atoms with Gasteiger partial charge in [0.25, 0.3) is 0 Å². The highest BCUT2D eigenvalue weighted by Crippen LogP contribution is 2.55. The molecule has 10 heteroatoms. The highest BCUT2D eigenvalue weighted by Gasteiger charge is 2.53. The molecule has 5 fully saturated rings. The molecule has 2 unspecified atom stereocenters. The van der Waals surface area contributed by atoms with Gasteiger partial charge >= 0.3 is 0 Å². The van der Waals surface area contributed by atoms with E-state index in [0.29, 0.717) is 41.0 Å². The summed E-state index contributed by atoms with van der Waals surface area (Å²) >= 11 is 0. The zero-order chi connectivity index (χ0) is 31.2. The van der Waals surface area contributed by atoms with Crippen molar-refractivity contribution in [2.24, 2.45) is 52.8 Å². The van der Waals surface area contributed by atoms with Gasteiger partial charge in [-0.05, 0) is 88.0 Å². The van der Waals surface area contributed by atoms with Crippen LogP contribution in [0.1, 0.15) is 96.9 Å². The van der Waals surface area contributed by atoms with Crippen LogP contribution in [0.5, 0.6) is 0 Å². The molecule has 5 rings (SSSR count). The first-order valence-corrected chi connectivity index (χ1v) is 19.4. The largest absolute Gasteiger partial charge is 0.396 e. The summed E-state index contributed by atoms with van der Waals surface area (Å²) in [6.07, 6.45) is 3.96. The molecule has 2 atom stereocenters. The number of rotatable bonds is 6. The van der Waals surface area contributed by atoms with Gasteiger partial charge in [0.15, 0.2) is 0 Å². The molecule has 0 aromatic carbocycles. The topological polar surface area (TPSA) is 125 Å². The van der Waals surface area contributed by atoms with Crippen molar-refractivity contribution < 1.29 is 27.6 Å². The van der Waals surface area contributed by atoms with E-state index in [1.54, 1.807) is 0 Å². The Kier molecular flexibility index (Phi) is 19.8. The second kappa shape index (κ2) is 18.9. The summed E-state index contributed by atoms with van der Waals surface area (Å²) in [5.74, 6) is 10.5. The molecule has 44 heavy (non-hydrogen) atoms. The molecule has 0 aromatic rings. The number of aliphatic hydroxyl groups is 2. The van der Waals surface area contributed by atoms with Gasteiger partial charge in [-0.25, -0.2) is 13.1 Å². The van der Waals surface area contributed by atoms with E-state index in [1.165, 1.54) is 25.8 Å². The molecule has 4 aliphatic heterocycles. The smallest absolute Gasteiger partial charge is 0.211 e. The molecule has 0 amide bonds. The van der Waals surface area contributed by atoms with Crippen LogP contribution in [0.3, 0.4) is 0 Å². The average molecular weight is 671 g/mol. The monoisotopic (exact) mass is 670 g/mol. The van der Waals surface area contributed by atoms with Gasteiger partial charge in [0, 0.05) is 37.2 Å². The van der Waals surface area contributed by atoms with Gasteiger partial charge < -0.3 is 20.3 Å². The van der Waals surface area contributed by atoms with E-state index in [4.69, 9.17) is 14.9 Å². The number of ether oxygens (including phenoxy) is 1. The number of hydrogen-bond donors (Lipinski definition) is 4. The maximum atomic E-state index is 11.4. The fourth-order valence-corrected chi connectivity index (χ4v) is 10.7. The van der Waals surface area contributed by atoms with Crippen LogP contribution < -0.4 is 10.0 Å². The van der Waals surface area contributed by atoms with E-state index in [2.05, 4.69) is 43.6 Å². The number of aliphatic hydroxyl groups excluding tert-OH is 2. The minimum Gasteiger partial charge on any atom is -0.396 e. The van der Waals surface area contributed by atoms with Crippen LogP contribution in [0.2, 0.25) is 0 Å². The summed E-state index contributed by atoms with van der Waals surface area (Å²) in [4.78, 5) is 0. The lowest BCUT2D eigenvalue weighted by molar-refractivity contribution is -0.0665. The van der Waals surface area contributed by atoms with E-state index >= 15 is 0 Å². The first-order valence-electron chi connectivity index (χ1n) is 15.7. The summed E-state index contributed by atoms with van der Waals surface area (Å²) < 4.78 is 40.8. The lowest BCUT2D eigenvalue weighted by atomic mass is 9.60. The summed E-state index contributed by atoms with van der Waals surface area (Å²) in [5, 5.41) is 20.6. The molecule has 0 radical (unpaired) electrons. The average Bonchev–Trinajstić information content (AvgIpc) is 3.42. The number of nitrogens with one attached hydrogen (secondary N) is 2. The van der Waals surface area contributed by atoms with Crippen molar-refractivity contribution in [3.63, 3.8) is 0 Å². The third-order valence-corrected chi connectivity index (χ3v) is 13.7. The second-order valence-electron chi connectivity index (χ2n) is 15.0. The Labute approximate surface area is 274 Å². The van der Waals surface area contributed by atoms with Crippen LogP contribution in [-0.2, 0) is 24.3 Å². The highest BCUT2D eigenvalue weighted by molar-refractivity contribution is 8.01. The van der Waals surface area contributed by atoms with Crippen molar-refractivity contribution in [2.45, 2.75) is 102 Å². The Morgan fingerprint density at radius 1 is 0.773 bits per heavy atom. The van der Waals surface area contributed by atoms with Gasteiger partial charge in [-0.3, -0.25) is 4.21 Å². The summed E-state index contributed by atoms with van der Waals surface area (Å²) in [6.45, 7) is 21.1. The van der Waals surface area contributed by atoms with Crippen molar-refractivity contribution in [1.29, 1.82) is 0 Å². The zero-order valence-electron chi connectivity index (χ0n) is 27.2. The van der Waals surface area contributed by atoms with Crippen molar-refractivity contribution in [2.75, 3.05) is 56.8 Å². The van der Waals surface area contributed by atoms with Crippen molar-refractivity contribution >= 4 is 25.4 Å². The molecular weight excluding hydrogens is 597 g/mol. The van der Waals surface area contributed by atoms with Crippen LogP contribution in [0, 0.1) is 52.8 Å². The molecule has 4 N–H and O–H groups in total. The Balaban J connectivity index is 0. The van der Waals surface area contributed by atoms with E-state index in [1.807, 2.05) is 27.7 Å². The molecule has 268 valence electrons. The Hall–Kier alpha value is -0.230. The van der Waals surface area contributed by atoms with Crippen molar-refractivity contribution in [3.8, 4) is 0 Å². The van der Waals surface area contributed by atoms with Gasteiger partial charge in [0.1, 0.15) is 0 Å². The molecule has 4 heterocycles. The summed E-state index contributed by atoms with van der Waals surface area (Å²) in [5.41, 5.74) is 0.892.